The third-order valence-corrected chi connectivity index (χ3v) is 5.25. The van der Waals surface area contributed by atoms with Gasteiger partial charge in [-0.3, -0.25) is 10.1 Å². The fourth-order valence-electron chi connectivity index (χ4n) is 3.59. The smallest absolute Gasteiger partial charge is 0.258 e. The number of hydrogen-bond acceptors (Lipinski definition) is 3. The van der Waals surface area contributed by atoms with E-state index in [1.54, 1.807) is 6.07 Å². The zero-order valence-corrected chi connectivity index (χ0v) is 17.2. The molecule has 1 heterocycles. The number of anilines is 1. The second-order valence-electron chi connectivity index (χ2n) is 7.12. The summed E-state index contributed by atoms with van der Waals surface area (Å²) in [5, 5.41) is 8.00. The molecule has 1 amide bonds. The largest absolute Gasteiger partial charge is 0.338 e. The van der Waals surface area contributed by atoms with Gasteiger partial charge in [0.05, 0.1) is 11.0 Å². The van der Waals surface area contributed by atoms with Crippen molar-refractivity contribution in [1.29, 1.82) is 0 Å². The quantitative estimate of drug-likeness (QED) is 0.335. The maximum atomic E-state index is 12.8. The number of carbonyl (C=O) groups excluding carboxylic acids is 1. The van der Waals surface area contributed by atoms with Crippen LogP contribution in [0.25, 0.3) is 33.2 Å². The summed E-state index contributed by atoms with van der Waals surface area (Å²) in [4.78, 5) is 20.7. The van der Waals surface area contributed by atoms with E-state index in [4.69, 9.17) is 12.2 Å². The number of aromatic amines is 1. The SMILES string of the molecule is O=C(NC(=S)Nc1cccc(-c2nc3ccccc3[nH]2)c1)c1cccc2ccccc12. The van der Waals surface area contributed by atoms with Crippen LogP contribution in [0.1, 0.15) is 10.4 Å². The molecule has 0 unspecified atom stereocenters. The van der Waals surface area contributed by atoms with Gasteiger partial charge in [0.15, 0.2) is 5.11 Å². The Morgan fingerprint density at radius 3 is 2.55 bits per heavy atom. The van der Waals surface area contributed by atoms with E-state index < -0.39 is 0 Å². The molecule has 3 N–H and O–H groups in total. The first kappa shape index (κ1) is 19.0. The van der Waals surface area contributed by atoms with Gasteiger partial charge in [-0.2, -0.15) is 0 Å². The highest BCUT2D eigenvalue weighted by Gasteiger charge is 2.12. The number of para-hydroxylation sites is 2. The average Bonchev–Trinajstić information content (AvgIpc) is 3.23. The number of aromatic nitrogens is 2. The summed E-state index contributed by atoms with van der Waals surface area (Å²) >= 11 is 5.38. The molecule has 0 aliphatic heterocycles. The molecule has 0 saturated carbocycles. The monoisotopic (exact) mass is 422 g/mol. The van der Waals surface area contributed by atoms with Crippen LogP contribution in [0.3, 0.4) is 0 Å². The second kappa shape index (κ2) is 8.01. The van der Waals surface area contributed by atoms with Crippen LogP contribution >= 0.6 is 12.2 Å². The van der Waals surface area contributed by atoms with E-state index in [-0.39, 0.29) is 11.0 Å². The zero-order valence-electron chi connectivity index (χ0n) is 16.4. The van der Waals surface area contributed by atoms with Crippen molar-refractivity contribution in [2.75, 3.05) is 5.32 Å². The minimum absolute atomic E-state index is 0.236. The number of hydrogen-bond donors (Lipinski definition) is 3. The number of nitrogens with one attached hydrogen (secondary N) is 3. The Bertz CT molecular complexity index is 1400. The van der Waals surface area contributed by atoms with Crippen molar-refractivity contribution in [3.8, 4) is 11.4 Å². The van der Waals surface area contributed by atoms with Gasteiger partial charge in [0, 0.05) is 16.8 Å². The first-order valence-electron chi connectivity index (χ1n) is 9.83. The summed E-state index contributed by atoms with van der Waals surface area (Å²) in [6.45, 7) is 0. The minimum atomic E-state index is -0.247. The first-order valence-corrected chi connectivity index (χ1v) is 10.2. The molecule has 0 atom stereocenters. The van der Waals surface area contributed by atoms with Gasteiger partial charge in [-0.05, 0) is 53.3 Å². The van der Waals surface area contributed by atoms with Gasteiger partial charge in [-0.15, -0.1) is 0 Å². The normalized spacial score (nSPS) is 10.8. The average molecular weight is 423 g/mol. The van der Waals surface area contributed by atoms with E-state index >= 15 is 0 Å². The number of carbonyl (C=O) groups is 1. The molecule has 5 nitrogen and oxygen atoms in total. The lowest BCUT2D eigenvalue weighted by Gasteiger charge is -2.11. The molecule has 0 saturated heterocycles. The summed E-state index contributed by atoms with van der Waals surface area (Å²) in [5.74, 6) is 0.526. The number of H-pyrrole nitrogens is 1. The van der Waals surface area contributed by atoms with Crippen LogP contribution in [0.15, 0.2) is 91.0 Å². The van der Waals surface area contributed by atoms with Crippen molar-refractivity contribution in [2.45, 2.75) is 0 Å². The Balaban J connectivity index is 1.33. The number of amides is 1. The van der Waals surface area contributed by atoms with Crippen molar-refractivity contribution in [3.63, 3.8) is 0 Å². The van der Waals surface area contributed by atoms with Gasteiger partial charge in [-0.25, -0.2) is 4.98 Å². The van der Waals surface area contributed by atoms with Crippen LogP contribution < -0.4 is 10.6 Å². The number of nitrogens with zero attached hydrogens (tertiary/aromatic N) is 1. The van der Waals surface area contributed by atoms with E-state index in [2.05, 4.69) is 20.6 Å². The highest BCUT2D eigenvalue weighted by atomic mass is 32.1. The molecular formula is C25H18N4OS. The van der Waals surface area contributed by atoms with Gasteiger partial charge in [-0.1, -0.05) is 60.7 Å². The van der Waals surface area contributed by atoms with E-state index in [9.17, 15) is 4.79 Å². The number of rotatable bonds is 3. The first-order chi connectivity index (χ1) is 15.2. The predicted octanol–water partition coefficient (Wildman–Crippen LogP) is 5.51. The summed E-state index contributed by atoms with van der Waals surface area (Å²) in [6.07, 6.45) is 0. The Morgan fingerprint density at radius 1 is 0.871 bits per heavy atom. The molecule has 5 aromatic rings. The maximum Gasteiger partial charge on any atom is 0.258 e. The van der Waals surface area contributed by atoms with Crippen molar-refractivity contribution in [3.05, 3.63) is 96.6 Å². The molecule has 31 heavy (non-hydrogen) atoms. The molecule has 0 radical (unpaired) electrons. The van der Waals surface area contributed by atoms with Gasteiger partial charge in [0.2, 0.25) is 0 Å². The number of benzene rings is 4. The third-order valence-electron chi connectivity index (χ3n) is 5.04. The second-order valence-corrected chi connectivity index (χ2v) is 7.53. The Morgan fingerprint density at radius 2 is 1.65 bits per heavy atom. The highest BCUT2D eigenvalue weighted by Crippen LogP contribution is 2.23. The molecule has 0 spiro atoms. The van der Waals surface area contributed by atoms with Crippen LogP contribution in [-0.4, -0.2) is 21.0 Å². The topological polar surface area (TPSA) is 69.8 Å². The van der Waals surface area contributed by atoms with Crippen LogP contribution in [0.5, 0.6) is 0 Å². The molecule has 1 aromatic heterocycles. The lowest BCUT2D eigenvalue weighted by Crippen LogP contribution is -2.34. The van der Waals surface area contributed by atoms with Gasteiger partial charge < -0.3 is 10.3 Å². The molecule has 0 bridgehead atoms. The van der Waals surface area contributed by atoms with E-state index in [0.717, 1.165) is 38.9 Å². The minimum Gasteiger partial charge on any atom is -0.338 e. The lowest BCUT2D eigenvalue weighted by molar-refractivity contribution is 0.0979. The van der Waals surface area contributed by atoms with Crippen LogP contribution in [0.2, 0.25) is 0 Å². The molecule has 0 aliphatic carbocycles. The summed E-state index contributed by atoms with van der Waals surface area (Å²) in [7, 11) is 0. The molecule has 5 rings (SSSR count). The number of fused-ring (bicyclic) bond motifs is 2. The zero-order chi connectivity index (χ0) is 21.2. The number of thiocarbonyl (C=S) groups is 1. The van der Waals surface area contributed by atoms with Crippen LogP contribution in [-0.2, 0) is 0 Å². The van der Waals surface area contributed by atoms with Gasteiger partial charge in [0.1, 0.15) is 5.82 Å². The van der Waals surface area contributed by atoms with E-state index in [1.165, 1.54) is 0 Å². The van der Waals surface area contributed by atoms with Crippen molar-refractivity contribution >= 4 is 50.7 Å². The van der Waals surface area contributed by atoms with E-state index in [1.807, 2.05) is 84.9 Å². The lowest BCUT2D eigenvalue weighted by atomic mass is 10.0. The predicted molar refractivity (Wildman–Crippen MR) is 129 cm³/mol. The Hall–Kier alpha value is -4.03. The summed E-state index contributed by atoms with van der Waals surface area (Å²) in [6, 6.07) is 29.0. The van der Waals surface area contributed by atoms with Gasteiger partial charge >= 0.3 is 0 Å². The Labute approximate surface area is 184 Å². The third kappa shape index (κ3) is 3.89. The fourth-order valence-corrected chi connectivity index (χ4v) is 3.80. The fraction of sp³-hybridized carbons (Fsp3) is 0. The number of imidazole rings is 1. The van der Waals surface area contributed by atoms with Crippen LogP contribution in [0.4, 0.5) is 5.69 Å². The van der Waals surface area contributed by atoms with Crippen LogP contribution in [0, 0.1) is 0 Å². The van der Waals surface area contributed by atoms with Crippen molar-refractivity contribution < 1.29 is 4.79 Å². The molecular weight excluding hydrogens is 404 g/mol. The Kier molecular flexibility index (Phi) is 4.90. The molecule has 0 aliphatic rings. The molecule has 4 aromatic carbocycles. The van der Waals surface area contributed by atoms with E-state index in [0.29, 0.717) is 5.56 Å². The highest BCUT2D eigenvalue weighted by molar-refractivity contribution is 7.80. The van der Waals surface area contributed by atoms with Gasteiger partial charge in [0.25, 0.3) is 5.91 Å². The molecule has 0 fully saturated rings. The van der Waals surface area contributed by atoms with Crippen molar-refractivity contribution in [1.82, 2.24) is 15.3 Å². The van der Waals surface area contributed by atoms with Crippen molar-refractivity contribution in [2.24, 2.45) is 0 Å². The standard InChI is InChI=1S/C25H18N4OS/c30-24(20-12-6-8-16-7-1-2-11-19(16)20)29-25(31)26-18-10-5-9-17(15-18)23-27-21-13-3-4-14-22(21)28-23/h1-15H,(H,27,28)(H2,26,29,30,31). The summed E-state index contributed by atoms with van der Waals surface area (Å²) < 4.78 is 0. The molecule has 150 valence electrons. The molecule has 6 heteroatoms. The maximum absolute atomic E-state index is 12.8. The summed E-state index contributed by atoms with van der Waals surface area (Å²) in [5.41, 5.74) is 4.16.